The highest BCUT2D eigenvalue weighted by molar-refractivity contribution is 5.87. The predicted molar refractivity (Wildman–Crippen MR) is 49.5 cm³/mol. The summed E-state index contributed by atoms with van der Waals surface area (Å²) in [5, 5.41) is 8.72. The summed E-state index contributed by atoms with van der Waals surface area (Å²) in [6.07, 6.45) is 6.41. The van der Waals surface area contributed by atoms with Crippen molar-refractivity contribution in [3.05, 3.63) is 24.0 Å². The zero-order chi connectivity index (χ0) is 9.97. The van der Waals surface area contributed by atoms with E-state index in [2.05, 4.69) is 4.98 Å². The molecule has 1 saturated carbocycles. The van der Waals surface area contributed by atoms with E-state index in [4.69, 9.17) is 9.84 Å². The maximum atomic E-state index is 10.6. The van der Waals surface area contributed by atoms with Crippen LogP contribution in [0.1, 0.15) is 29.6 Å². The molecule has 1 fully saturated rings. The zero-order valence-electron chi connectivity index (χ0n) is 7.64. The molecule has 2 rings (SSSR count). The molecule has 0 aromatic carbocycles. The predicted octanol–water partition coefficient (Wildman–Crippen LogP) is 1.71. The van der Waals surface area contributed by atoms with E-state index in [-0.39, 0.29) is 11.7 Å². The summed E-state index contributed by atoms with van der Waals surface area (Å²) >= 11 is 0. The number of rotatable bonds is 3. The average Bonchev–Trinajstić information content (AvgIpc) is 2.12. The van der Waals surface area contributed by atoms with Crippen LogP contribution in [0, 0.1) is 0 Å². The molecule has 14 heavy (non-hydrogen) atoms. The molecule has 0 radical (unpaired) electrons. The molecule has 1 heterocycles. The Bertz CT molecular complexity index is 347. The van der Waals surface area contributed by atoms with Gasteiger partial charge in [-0.15, -0.1) is 0 Å². The van der Waals surface area contributed by atoms with Crippen LogP contribution in [-0.2, 0) is 0 Å². The molecule has 0 spiro atoms. The number of carboxylic acid groups (broad SMARTS) is 1. The van der Waals surface area contributed by atoms with Crippen molar-refractivity contribution in [3.8, 4) is 5.75 Å². The van der Waals surface area contributed by atoms with Gasteiger partial charge in [0.2, 0.25) is 0 Å². The van der Waals surface area contributed by atoms with Crippen molar-refractivity contribution in [2.75, 3.05) is 0 Å². The van der Waals surface area contributed by atoms with Crippen LogP contribution < -0.4 is 4.74 Å². The van der Waals surface area contributed by atoms with Crippen LogP contribution in [0.5, 0.6) is 5.75 Å². The Hall–Kier alpha value is -1.58. The molecular formula is C10H11NO3. The van der Waals surface area contributed by atoms with E-state index < -0.39 is 5.97 Å². The number of ether oxygens (including phenoxy) is 1. The van der Waals surface area contributed by atoms with Gasteiger partial charge in [-0.1, -0.05) is 0 Å². The first-order valence-electron chi connectivity index (χ1n) is 4.61. The van der Waals surface area contributed by atoms with Gasteiger partial charge in [0, 0.05) is 6.20 Å². The Morgan fingerprint density at radius 2 is 2.29 bits per heavy atom. The Morgan fingerprint density at radius 1 is 1.50 bits per heavy atom. The molecule has 1 aromatic rings. The van der Waals surface area contributed by atoms with E-state index in [1.807, 2.05) is 0 Å². The molecule has 0 saturated heterocycles. The first-order chi connectivity index (χ1) is 6.75. The highest BCUT2D eigenvalue weighted by atomic mass is 16.5. The molecule has 4 nitrogen and oxygen atoms in total. The molecule has 0 bridgehead atoms. The normalized spacial score (nSPS) is 16.0. The monoisotopic (exact) mass is 193 g/mol. The topological polar surface area (TPSA) is 59.4 Å². The lowest BCUT2D eigenvalue weighted by Crippen LogP contribution is -2.24. The lowest BCUT2D eigenvalue weighted by molar-refractivity contribution is 0.0694. The molecule has 1 aliphatic carbocycles. The maximum absolute atomic E-state index is 10.6. The molecular weight excluding hydrogens is 182 g/mol. The van der Waals surface area contributed by atoms with Crippen LogP contribution in [0.25, 0.3) is 0 Å². The van der Waals surface area contributed by atoms with Crippen molar-refractivity contribution in [3.63, 3.8) is 0 Å². The minimum absolute atomic E-state index is 0.168. The largest absolute Gasteiger partial charge is 0.489 e. The molecule has 4 heteroatoms. The van der Waals surface area contributed by atoms with Gasteiger partial charge in [0.05, 0.1) is 17.9 Å². The van der Waals surface area contributed by atoms with Crippen LogP contribution in [-0.4, -0.2) is 22.2 Å². The van der Waals surface area contributed by atoms with Gasteiger partial charge >= 0.3 is 5.97 Å². The minimum atomic E-state index is -0.975. The summed E-state index contributed by atoms with van der Waals surface area (Å²) in [7, 11) is 0. The van der Waals surface area contributed by atoms with Crippen molar-refractivity contribution >= 4 is 5.97 Å². The number of hydrogen-bond donors (Lipinski definition) is 1. The summed E-state index contributed by atoms with van der Waals surface area (Å²) in [6, 6.07) is 1.51. The highest BCUT2D eigenvalue weighted by Crippen LogP contribution is 2.24. The zero-order valence-corrected chi connectivity index (χ0v) is 7.64. The van der Waals surface area contributed by atoms with Crippen LogP contribution >= 0.6 is 0 Å². The summed E-state index contributed by atoms with van der Waals surface area (Å²) in [5.41, 5.74) is 0.168. The molecule has 0 amide bonds. The Balaban J connectivity index is 2.09. The van der Waals surface area contributed by atoms with Gasteiger partial charge in [0.1, 0.15) is 5.75 Å². The van der Waals surface area contributed by atoms with Crippen LogP contribution in [0.3, 0.4) is 0 Å². The van der Waals surface area contributed by atoms with Crippen molar-refractivity contribution in [2.24, 2.45) is 0 Å². The van der Waals surface area contributed by atoms with Crippen molar-refractivity contribution < 1.29 is 14.6 Å². The van der Waals surface area contributed by atoms with Gasteiger partial charge in [-0.2, -0.15) is 0 Å². The fourth-order valence-electron chi connectivity index (χ4n) is 1.28. The molecule has 1 N–H and O–H groups in total. The van der Waals surface area contributed by atoms with Crippen molar-refractivity contribution in [1.82, 2.24) is 4.98 Å². The highest BCUT2D eigenvalue weighted by Gasteiger charge is 2.19. The van der Waals surface area contributed by atoms with E-state index in [0.29, 0.717) is 5.75 Å². The number of carboxylic acids is 1. The quantitative estimate of drug-likeness (QED) is 0.793. The SMILES string of the molecule is O=C(O)c1cncc(OC2CCC2)c1. The van der Waals surface area contributed by atoms with Crippen molar-refractivity contribution in [2.45, 2.75) is 25.4 Å². The number of nitrogens with zero attached hydrogens (tertiary/aromatic N) is 1. The second-order valence-electron chi connectivity index (χ2n) is 3.39. The third-order valence-corrected chi connectivity index (χ3v) is 2.32. The third kappa shape index (κ3) is 1.84. The number of aromatic carboxylic acids is 1. The lowest BCUT2D eigenvalue weighted by Gasteiger charge is -2.26. The summed E-state index contributed by atoms with van der Waals surface area (Å²) in [6.45, 7) is 0. The van der Waals surface area contributed by atoms with Gasteiger partial charge in [0.15, 0.2) is 0 Å². The molecule has 0 atom stereocenters. The smallest absolute Gasteiger partial charge is 0.337 e. The summed E-state index contributed by atoms with van der Waals surface area (Å²) < 4.78 is 5.52. The van der Waals surface area contributed by atoms with Crippen molar-refractivity contribution in [1.29, 1.82) is 0 Å². The maximum Gasteiger partial charge on any atom is 0.337 e. The van der Waals surface area contributed by atoms with E-state index >= 15 is 0 Å². The van der Waals surface area contributed by atoms with Crippen LogP contribution in [0.4, 0.5) is 0 Å². The van der Waals surface area contributed by atoms with Gasteiger partial charge in [0.25, 0.3) is 0 Å². The minimum Gasteiger partial charge on any atom is -0.489 e. The van der Waals surface area contributed by atoms with Crippen LogP contribution in [0.15, 0.2) is 18.5 Å². The molecule has 1 aliphatic rings. The Labute approximate surface area is 81.5 Å². The van der Waals surface area contributed by atoms with Gasteiger partial charge in [-0.05, 0) is 25.3 Å². The summed E-state index contributed by atoms with van der Waals surface area (Å²) in [4.78, 5) is 14.4. The fourth-order valence-corrected chi connectivity index (χ4v) is 1.28. The van der Waals surface area contributed by atoms with E-state index in [1.165, 1.54) is 18.7 Å². The van der Waals surface area contributed by atoms with Gasteiger partial charge in [-0.25, -0.2) is 4.79 Å². The number of carbonyl (C=O) groups is 1. The summed E-state index contributed by atoms with van der Waals surface area (Å²) in [5.74, 6) is -0.425. The second-order valence-corrected chi connectivity index (χ2v) is 3.39. The number of pyridine rings is 1. The second kappa shape index (κ2) is 3.65. The third-order valence-electron chi connectivity index (χ3n) is 2.32. The Morgan fingerprint density at radius 3 is 2.86 bits per heavy atom. The molecule has 74 valence electrons. The van der Waals surface area contributed by atoms with E-state index in [0.717, 1.165) is 12.8 Å². The first-order valence-corrected chi connectivity index (χ1v) is 4.61. The van der Waals surface area contributed by atoms with Gasteiger partial charge in [-0.3, -0.25) is 4.98 Å². The van der Waals surface area contributed by atoms with E-state index in [9.17, 15) is 4.79 Å². The lowest BCUT2D eigenvalue weighted by atomic mass is 9.96. The average molecular weight is 193 g/mol. The molecule has 1 aromatic heterocycles. The fraction of sp³-hybridized carbons (Fsp3) is 0.400. The molecule has 0 aliphatic heterocycles. The standard InChI is InChI=1S/C10H11NO3/c12-10(13)7-4-9(6-11-5-7)14-8-2-1-3-8/h4-6,8H,1-3H2,(H,12,13). The number of hydrogen-bond acceptors (Lipinski definition) is 3. The van der Waals surface area contributed by atoms with Gasteiger partial charge < -0.3 is 9.84 Å². The number of aromatic nitrogens is 1. The van der Waals surface area contributed by atoms with E-state index in [1.54, 1.807) is 6.20 Å². The Kier molecular flexibility index (Phi) is 2.35. The van der Waals surface area contributed by atoms with Crippen LogP contribution in [0.2, 0.25) is 0 Å². The molecule has 0 unspecified atom stereocenters. The first kappa shape index (κ1) is 8.99.